The second kappa shape index (κ2) is 10.7. The molecular weight excluding hydrogens is 515 g/mol. The normalized spacial score (nSPS) is 17.4. The maximum Gasteiger partial charge on any atom is 0.416 e. The van der Waals surface area contributed by atoms with Gasteiger partial charge in [-0.25, -0.2) is 8.42 Å². The van der Waals surface area contributed by atoms with Crippen molar-refractivity contribution in [3.63, 3.8) is 0 Å². The van der Waals surface area contributed by atoms with Crippen LogP contribution in [0.15, 0.2) is 41.3 Å². The fourth-order valence-electron chi connectivity index (χ4n) is 4.58. The molecule has 11 heteroatoms. The minimum atomic E-state index is -4.68. The number of likely N-dealkylation sites (tertiary alicyclic amines) is 1. The highest BCUT2D eigenvalue weighted by Crippen LogP contribution is 2.41. The van der Waals surface area contributed by atoms with Gasteiger partial charge in [0.2, 0.25) is 0 Å². The number of halogens is 4. The standard InChI is InChI=1S/C25H31ClF3N3O3S/c1-4-36(34,35)22-8-6-19(26)11-18(22)14-31-23(33)17-5-7-20(21(12-17)25(27,28)29)24(2,3)32-10-9-16(13-30)15-32/h5-8,11-12,16H,4,9-10,13-15,30H2,1-3H3,(H,31,33). The molecule has 198 valence electrons. The average Bonchev–Trinajstić information content (AvgIpc) is 3.32. The van der Waals surface area contributed by atoms with E-state index in [2.05, 4.69) is 5.32 Å². The number of carbonyl (C=O) groups is 1. The van der Waals surface area contributed by atoms with Crippen molar-refractivity contribution in [3.05, 3.63) is 63.7 Å². The Morgan fingerprint density at radius 3 is 2.44 bits per heavy atom. The summed E-state index contributed by atoms with van der Waals surface area (Å²) < 4.78 is 67.1. The average molecular weight is 546 g/mol. The summed E-state index contributed by atoms with van der Waals surface area (Å²) in [6, 6.07) is 7.77. The first-order valence-electron chi connectivity index (χ1n) is 11.7. The number of alkyl halides is 3. The smallest absolute Gasteiger partial charge is 0.348 e. The highest BCUT2D eigenvalue weighted by atomic mass is 35.5. The molecule has 0 radical (unpaired) electrons. The summed E-state index contributed by atoms with van der Waals surface area (Å²) in [4.78, 5) is 14.8. The summed E-state index contributed by atoms with van der Waals surface area (Å²) in [5.41, 5.74) is 4.12. The molecule has 1 heterocycles. The largest absolute Gasteiger partial charge is 0.416 e. The fraction of sp³-hybridized carbons (Fsp3) is 0.480. The van der Waals surface area contributed by atoms with Gasteiger partial charge in [-0.2, -0.15) is 13.2 Å². The van der Waals surface area contributed by atoms with E-state index >= 15 is 0 Å². The number of rotatable bonds is 8. The van der Waals surface area contributed by atoms with Gasteiger partial charge in [0.1, 0.15) is 0 Å². The van der Waals surface area contributed by atoms with Crippen molar-refractivity contribution in [2.24, 2.45) is 11.7 Å². The molecule has 36 heavy (non-hydrogen) atoms. The van der Waals surface area contributed by atoms with Gasteiger partial charge in [0.05, 0.1) is 16.2 Å². The van der Waals surface area contributed by atoms with Crippen molar-refractivity contribution < 1.29 is 26.4 Å². The molecule has 3 N–H and O–H groups in total. The molecule has 1 aliphatic rings. The van der Waals surface area contributed by atoms with Crippen LogP contribution in [0.5, 0.6) is 0 Å². The molecule has 0 aliphatic carbocycles. The van der Waals surface area contributed by atoms with Gasteiger partial charge in [-0.3, -0.25) is 9.69 Å². The summed E-state index contributed by atoms with van der Waals surface area (Å²) in [6.07, 6.45) is -3.85. The van der Waals surface area contributed by atoms with E-state index in [9.17, 15) is 26.4 Å². The summed E-state index contributed by atoms with van der Waals surface area (Å²) in [5, 5.41) is 2.81. The van der Waals surface area contributed by atoms with Gasteiger partial charge < -0.3 is 11.1 Å². The Balaban J connectivity index is 1.90. The van der Waals surface area contributed by atoms with Crippen molar-refractivity contribution in [3.8, 4) is 0 Å². The lowest BCUT2D eigenvalue weighted by Crippen LogP contribution is -2.41. The van der Waals surface area contributed by atoms with Crippen LogP contribution in [0.1, 0.15) is 54.2 Å². The Morgan fingerprint density at radius 1 is 1.17 bits per heavy atom. The zero-order valence-electron chi connectivity index (χ0n) is 20.5. The van der Waals surface area contributed by atoms with Crippen LogP contribution < -0.4 is 11.1 Å². The van der Waals surface area contributed by atoms with Crippen LogP contribution in [0.4, 0.5) is 13.2 Å². The zero-order valence-corrected chi connectivity index (χ0v) is 22.0. The van der Waals surface area contributed by atoms with Crippen LogP contribution in [0.2, 0.25) is 5.02 Å². The molecule has 0 spiro atoms. The highest BCUT2D eigenvalue weighted by Gasteiger charge is 2.42. The molecular formula is C25H31ClF3N3O3S. The van der Waals surface area contributed by atoms with Gasteiger partial charge in [-0.1, -0.05) is 24.6 Å². The summed E-state index contributed by atoms with van der Waals surface area (Å²) in [6.45, 7) is 6.48. The zero-order chi connectivity index (χ0) is 26.9. The van der Waals surface area contributed by atoms with Crippen molar-refractivity contribution >= 4 is 27.3 Å². The van der Waals surface area contributed by atoms with Crippen LogP contribution >= 0.6 is 11.6 Å². The fourth-order valence-corrected chi connectivity index (χ4v) is 5.89. The third-order valence-electron chi connectivity index (χ3n) is 6.83. The first-order chi connectivity index (χ1) is 16.7. The van der Waals surface area contributed by atoms with Crippen molar-refractivity contribution in [2.45, 2.75) is 50.3 Å². The first kappa shape index (κ1) is 28.4. The van der Waals surface area contributed by atoms with Crippen LogP contribution in [-0.4, -0.2) is 44.6 Å². The SMILES string of the molecule is CCS(=O)(=O)c1ccc(Cl)cc1CNC(=O)c1ccc(C(C)(C)N2CCC(CN)C2)c(C(F)(F)F)c1. The first-order valence-corrected chi connectivity index (χ1v) is 13.7. The van der Waals surface area contributed by atoms with Crippen molar-refractivity contribution in [1.29, 1.82) is 0 Å². The molecule has 1 aliphatic heterocycles. The Bertz CT molecular complexity index is 1230. The molecule has 6 nitrogen and oxygen atoms in total. The molecule has 1 saturated heterocycles. The van der Waals surface area contributed by atoms with E-state index in [1.165, 1.54) is 37.3 Å². The van der Waals surface area contributed by atoms with Crippen LogP contribution in [-0.2, 0) is 28.1 Å². The number of nitrogens with one attached hydrogen (secondary N) is 1. The van der Waals surface area contributed by atoms with Crippen molar-refractivity contribution in [2.75, 3.05) is 25.4 Å². The van der Waals surface area contributed by atoms with E-state index < -0.39 is 33.0 Å². The van der Waals surface area contributed by atoms with Gasteiger partial charge in [-0.15, -0.1) is 0 Å². The number of carbonyl (C=O) groups excluding carboxylic acids is 1. The number of nitrogens with two attached hydrogens (primary N) is 1. The predicted molar refractivity (Wildman–Crippen MR) is 134 cm³/mol. The van der Waals surface area contributed by atoms with Gasteiger partial charge in [0.25, 0.3) is 5.91 Å². The third kappa shape index (κ3) is 6.04. The number of sulfone groups is 1. The Labute approximate surface area is 214 Å². The second-order valence-electron chi connectivity index (χ2n) is 9.49. The molecule has 1 amide bonds. The van der Waals surface area contributed by atoms with Crippen LogP contribution in [0.25, 0.3) is 0 Å². The number of hydrogen-bond donors (Lipinski definition) is 2. The molecule has 0 bridgehead atoms. The van der Waals surface area contributed by atoms with E-state index in [0.717, 1.165) is 12.5 Å². The third-order valence-corrected chi connectivity index (χ3v) is 8.90. The monoisotopic (exact) mass is 545 g/mol. The molecule has 2 aromatic rings. The van der Waals surface area contributed by atoms with Gasteiger partial charge in [-0.05, 0) is 80.7 Å². The quantitative estimate of drug-likeness (QED) is 0.506. The van der Waals surface area contributed by atoms with Crippen LogP contribution in [0.3, 0.4) is 0 Å². The number of nitrogens with zero attached hydrogens (tertiary/aromatic N) is 1. The topological polar surface area (TPSA) is 92.5 Å². The molecule has 3 rings (SSSR count). The Morgan fingerprint density at radius 2 is 1.86 bits per heavy atom. The maximum absolute atomic E-state index is 14.1. The Hall–Kier alpha value is -2.14. The maximum atomic E-state index is 14.1. The van der Waals surface area contributed by atoms with E-state index in [0.29, 0.717) is 19.6 Å². The summed E-state index contributed by atoms with van der Waals surface area (Å²) in [5.74, 6) is -0.671. The second-order valence-corrected chi connectivity index (χ2v) is 12.2. The lowest BCUT2D eigenvalue weighted by molar-refractivity contribution is -0.139. The number of amides is 1. The van der Waals surface area contributed by atoms with Gasteiger partial charge in [0.15, 0.2) is 9.84 Å². The van der Waals surface area contributed by atoms with Gasteiger partial charge in [0, 0.05) is 29.2 Å². The molecule has 2 aromatic carbocycles. The lowest BCUT2D eigenvalue weighted by atomic mass is 9.87. The molecule has 1 fully saturated rings. The van der Waals surface area contributed by atoms with E-state index in [1.54, 1.807) is 13.8 Å². The minimum absolute atomic E-state index is 0.0178. The number of hydrogen-bond acceptors (Lipinski definition) is 5. The highest BCUT2D eigenvalue weighted by molar-refractivity contribution is 7.91. The van der Waals surface area contributed by atoms with E-state index in [-0.39, 0.29) is 44.8 Å². The number of benzene rings is 2. The summed E-state index contributed by atoms with van der Waals surface area (Å²) >= 11 is 6.00. The summed E-state index contributed by atoms with van der Waals surface area (Å²) in [7, 11) is -3.59. The molecule has 1 unspecified atom stereocenters. The molecule has 0 saturated carbocycles. The molecule has 1 atom stereocenters. The van der Waals surface area contributed by atoms with Gasteiger partial charge >= 0.3 is 6.18 Å². The minimum Gasteiger partial charge on any atom is -0.348 e. The Kier molecular flexibility index (Phi) is 8.44. The van der Waals surface area contributed by atoms with E-state index in [1.807, 2.05) is 4.90 Å². The van der Waals surface area contributed by atoms with Crippen molar-refractivity contribution in [1.82, 2.24) is 10.2 Å². The predicted octanol–water partition coefficient (Wildman–Crippen LogP) is 4.60. The van der Waals surface area contributed by atoms with Crippen LogP contribution in [0, 0.1) is 5.92 Å². The molecule has 0 aromatic heterocycles. The van der Waals surface area contributed by atoms with E-state index in [4.69, 9.17) is 17.3 Å². The lowest BCUT2D eigenvalue weighted by Gasteiger charge is -2.38.